The molecule has 0 spiro atoms. The van der Waals surface area contributed by atoms with Crippen LogP contribution in [0.25, 0.3) is 0 Å². The van der Waals surface area contributed by atoms with Gasteiger partial charge in [0.2, 0.25) is 0 Å². The Hall–Kier alpha value is -1.42. The SMILES string of the molecule is CCC(O)CCNCCS(=O)(=O)c1cccc(C#N)c1. The van der Waals surface area contributed by atoms with Crippen LogP contribution < -0.4 is 5.32 Å². The van der Waals surface area contributed by atoms with Gasteiger partial charge < -0.3 is 10.4 Å². The van der Waals surface area contributed by atoms with Crippen molar-refractivity contribution in [2.45, 2.75) is 30.8 Å². The van der Waals surface area contributed by atoms with Gasteiger partial charge in [-0.05, 0) is 37.6 Å². The Labute approximate surface area is 120 Å². The molecule has 0 aliphatic rings. The van der Waals surface area contributed by atoms with Gasteiger partial charge in [0.05, 0.1) is 28.4 Å². The van der Waals surface area contributed by atoms with E-state index in [1.807, 2.05) is 13.0 Å². The zero-order valence-electron chi connectivity index (χ0n) is 11.5. The summed E-state index contributed by atoms with van der Waals surface area (Å²) in [5, 5.41) is 21.1. The highest BCUT2D eigenvalue weighted by Crippen LogP contribution is 2.12. The summed E-state index contributed by atoms with van der Waals surface area (Å²) in [5.74, 6) is -0.0237. The van der Waals surface area contributed by atoms with Crippen molar-refractivity contribution in [3.05, 3.63) is 29.8 Å². The Morgan fingerprint density at radius 2 is 2.15 bits per heavy atom. The first-order valence-corrected chi connectivity index (χ1v) is 8.26. The van der Waals surface area contributed by atoms with Crippen LogP contribution in [-0.2, 0) is 9.84 Å². The van der Waals surface area contributed by atoms with Crippen LogP contribution >= 0.6 is 0 Å². The minimum Gasteiger partial charge on any atom is -0.393 e. The monoisotopic (exact) mass is 296 g/mol. The van der Waals surface area contributed by atoms with Crippen molar-refractivity contribution in [2.24, 2.45) is 0 Å². The summed E-state index contributed by atoms with van der Waals surface area (Å²) in [4.78, 5) is 0.173. The molecule has 6 heteroatoms. The van der Waals surface area contributed by atoms with Crippen molar-refractivity contribution in [1.29, 1.82) is 5.26 Å². The fraction of sp³-hybridized carbons (Fsp3) is 0.500. The lowest BCUT2D eigenvalue weighted by Gasteiger charge is -2.09. The maximum absolute atomic E-state index is 12.1. The van der Waals surface area contributed by atoms with Crippen LogP contribution in [0.15, 0.2) is 29.2 Å². The van der Waals surface area contributed by atoms with E-state index in [4.69, 9.17) is 5.26 Å². The van der Waals surface area contributed by atoms with Gasteiger partial charge >= 0.3 is 0 Å². The molecule has 0 saturated heterocycles. The topological polar surface area (TPSA) is 90.2 Å². The Morgan fingerprint density at radius 1 is 1.40 bits per heavy atom. The molecular formula is C14H20N2O3S. The summed E-state index contributed by atoms with van der Waals surface area (Å²) >= 11 is 0. The fourth-order valence-corrected chi connectivity index (χ4v) is 2.92. The molecule has 0 bridgehead atoms. The minimum atomic E-state index is -3.38. The summed E-state index contributed by atoms with van der Waals surface area (Å²) in [6, 6.07) is 7.95. The number of benzene rings is 1. The number of hydrogen-bond acceptors (Lipinski definition) is 5. The number of nitriles is 1. The lowest BCUT2D eigenvalue weighted by molar-refractivity contribution is 0.160. The minimum absolute atomic E-state index is 0.0237. The largest absolute Gasteiger partial charge is 0.393 e. The number of hydrogen-bond donors (Lipinski definition) is 2. The van der Waals surface area contributed by atoms with Crippen LogP contribution in [0.4, 0.5) is 0 Å². The third-order valence-corrected chi connectivity index (χ3v) is 4.71. The number of aliphatic hydroxyl groups is 1. The molecule has 1 rings (SSSR count). The average Bonchev–Trinajstić information content (AvgIpc) is 2.46. The second-order valence-corrected chi connectivity index (χ2v) is 6.67. The first-order valence-electron chi connectivity index (χ1n) is 6.61. The van der Waals surface area contributed by atoms with Gasteiger partial charge in [0.1, 0.15) is 0 Å². The molecule has 1 unspecified atom stereocenters. The predicted molar refractivity (Wildman–Crippen MR) is 77.0 cm³/mol. The Bertz CT molecular complexity index is 564. The maximum atomic E-state index is 12.1. The lowest BCUT2D eigenvalue weighted by Crippen LogP contribution is -2.26. The van der Waals surface area contributed by atoms with Gasteiger partial charge in [-0.3, -0.25) is 0 Å². The molecule has 20 heavy (non-hydrogen) atoms. The van der Waals surface area contributed by atoms with Crippen LogP contribution in [-0.4, -0.2) is 38.5 Å². The molecular weight excluding hydrogens is 276 g/mol. The van der Waals surface area contributed by atoms with Crippen molar-refractivity contribution < 1.29 is 13.5 Å². The average molecular weight is 296 g/mol. The molecule has 0 aliphatic heterocycles. The van der Waals surface area contributed by atoms with E-state index in [9.17, 15) is 13.5 Å². The molecule has 1 aromatic carbocycles. The van der Waals surface area contributed by atoms with Crippen LogP contribution in [0.2, 0.25) is 0 Å². The fourth-order valence-electron chi connectivity index (χ4n) is 1.68. The van der Waals surface area contributed by atoms with Crippen LogP contribution in [0.3, 0.4) is 0 Å². The predicted octanol–water partition coefficient (Wildman–Crippen LogP) is 1.08. The number of sulfone groups is 1. The molecule has 5 nitrogen and oxygen atoms in total. The number of nitrogens with zero attached hydrogens (tertiary/aromatic N) is 1. The van der Waals surface area contributed by atoms with Crippen molar-refractivity contribution in [3.8, 4) is 6.07 Å². The van der Waals surface area contributed by atoms with Crippen molar-refractivity contribution in [3.63, 3.8) is 0 Å². The molecule has 1 aromatic rings. The van der Waals surface area contributed by atoms with Crippen LogP contribution in [0.1, 0.15) is 25.3 Å². The molecule has 0 amide bonds. The van der Waals surface area contributed by atoms with Crippen molar-refractivity contribution in [1.82, 2.24) is 5.32 Å². The van der Waals surface area contributed by atoms with Gasteiger partial charge in [0.25, 0.3) is 0 Å². The summed E-state index contributed by atoms with van der Waals surface area (Å²) < 4.78 is 24.1. The van der Waals surface area contributed by atoms with E-state index in [2.05, 4.69) is 5.32 Å². The summed E-state index contributed by atoms with van der Waals surface area (Å²) in [5.41, 5.74) is 0.338. The highest BCUT2D eigenvalue weighted by Gasteiger charge is 2.14. The third-order valence-electron chi connectivity index (χ3n) is 3.00. The van der Waals surface area contributed by atoms with E-state index in [0.717, 1.165) is 0 Å². The highest BCUT2D eigenvalue weighted by atomic mass is 32.2. The lowest BCUT2D eigenvalue weighted by atomic mass is 10.2. The summed E-state index contributed by atoms with van der Waals surface area (Å²) in [6.45, 7) is 2.82. The Balaban J connectivity index is 2.48. The summed E-state index contributed by atoms with van der Waals surface area (Å²) in [6.07, 6.45) is 0.966. The van der Waals surface area contributed by atoms with E-state index >= 15 is 0 Å². The summed E-state index contributed by atoms with van der Waals surface area (Å²) in [7, 11) is -3.38. The molecule has 0 saturated carbocycles. The van der Waals surface area contributed by atoms with Gasteiger partial charge in [-0.2, -0.15) is 5.26 Å². The normalized spacial score (nSPS) is 12.8. The molecule has 0 aromatic heterocycles. The molecule has 0 heterocycles. The van der Waals surface area contributed by atoms with Gasteiger partial charge in [-0.1, -0.05) is 13.0 Å². The standard InChI is InChI=1S/C14H20N2O3S/c1-2-13(17)6-7-16-8-9-20(18,19)14-5-3-4-12(10-14)11-15/h3-5,10,13,16-17H,2,6-9H2,1H3. The number of aliphatic hydroxyl groups excluding tert-OH is 1. The molecule has 2 N–H and O–H groups in total. The van der Waals surface area contributed by atoms with Crippen molar-refractivity contribution in [2.75, 3.05) is 18.8 Å². The van der Waals surface area contributed by atoms with Gasteiger partial charge in [0.15, 0.2) is 9.84 Å². The van der Waals surface area contributed by atoms with Crippen LogP contribution in [0, 0.1) is 11.3 Å². The zero-order chi connectivity index (χ0) is 15.0. The second kappa shape index (κ2) is 8.00. The number of rotatable bonds is 8. The third kappa shape index (κ3) is 5.29. The van der Waals surface area contributed by atoms with E-state index in [1.54, 1.807) is 12.1 Å². The van der Waals surface area contributed by atoms with Gasteiger partial charge in [0, 0.05) is 6.54 Å². The number of nitrogens with one attached hydrogen (secondary N) is 1. The molecule has 0 aliphatic carbocycles. The van der Waals surface area contributed by atoms with Crippen LogP contribution in [0.5, 0.6) is 0 Å². The molecule has 0 radical (unpaired) electrons. The highest BCUT2D eigenvalue weighted by molar-refractivity contribution is 7.91. The second-order valence-electron chi connectivity index (χ2n) is 4.56. The zero-order valence-corrected chi connectivity index (χ0v) is 12.4. The molecule has 110 valence electrons. The van der Waals surface area contributed by atoms with E-state index in [-0.39, 0.29) is 16.8 Å². The smallest absolute Gasteiger partial charge is 0.179 e. The first kappa shape index (κ1) is 16.6. The molecule has 0 fully saturated rings. The van der Waals surface area contributed by atoms with E-state index in [1.165, 1.54) is 12.1 Å². The van der Waals surface area contributed by atoms with Gasteiger partial charge in [-0.15, -0.1) is 0 Å². The van der Waals surface area contributed by atoms with E-state index in [0.29, 0.717) is 31.5 Å². The quantitative estimate of drug-likeness (QED) is 0.701. The van der Waals surface area contributed by atoms with E-state index < -0.39 is 9.84 Å². The maximum Gasteiger partial charge on any atom is 0.179 e. The Kier molecular flexibility index (Phi) is 6.65. The van der Waals surface area contributed by atoms with Gasteiger partial charge in [-0.25, -0.2) is 8.42 Å². The van der Waals surface area contributed by atoms with Crippen molar-refractivity contribution >= 4 is 9.84 Å². The Morgan fingerprint density at radius 3 is 2.80 bits per heavy atom. The first-order chi connectivity index (χ1) is 9.49. The molecule has 1 atom stereocenters.